The first-order chi connectivity index (χ1) is 23.2. The summed E-state index contributed by atoms with van der Waals surface area (Å²) in [4.78, 5) is 2.45. The molecule has 0 aliphatic rings. The van der Waals surface area contributed by atoms with Gasteiger partial charge in [0, 0.05) is 47.7 Å². The summed E-state index contributed by atoms with van der Waals surface area (Å²) in [7, 11) is 0. The van der Waals surface area contributed by atoms with Gasteiger partial charge < -0.3 is 13.9 Å². The number of aryl methyl sites for hydroxylation is 1. The first kappa shape index (κ1) is 26.4. The molecule has 0 saturated carbocycles. The lowest BCUT2D eigenvalue weighted by atomic mass is 10.0. The Balaban J connectivity index is 1.31. The van der Waals surface area contributed by atoms with Crippen LogP contribution in [0.2, 0.25) is 0 Å². The topological polar surface area (TPSA) is 21.3 Å². The largest absolute Gasteiger partial charge is 0.456 e. The van der Waals surface area contributed by atoms with E-state index in [1.165, 1.54) is 47.5 Å². The third kappa shape index (κ3) is 3.92. The fourth-order valence-electron chi connectivity index (χ4n) is 7.36. The van der Waals surface area contributed by atoms with Crippen LogP contribution in [0, 0.1) is 6.92 Å². The number of aromatic nitrogens is 1. The highest BCUT2D eigenvalue weighted by Crippen LogP contribution is 2.48. The number of fused-ring (bicyclic) bond motifs is 9. The van der Waals surface area contributed by atoms with E-state index in [0.717, 1.165) is 44.7 Å². The lowest BCUT2D eigenvalue weighted by Crippen LogP contribution is -2.10. The Morgan fingerprint density at radius 2 is 1.17 bits per heavy atom. The fraction of sp³-hybridized carbons (Fsp3) is 0.0233. The van der Waals surface area contributed by atoms with Gasteiger partial charge in [-0.3, -0.25) is 0 Å². The minimum absolute atomic E-state index is 0.883. The zero-order valence-electron chi connectivity index (χ0n) is 25.6. The normalized spacial score (nSPS) is 11.9. The van der Waals surface area contributed by atoms with Gasteiger partial charge in [0.25, 0.3) is 0 Å². The first-order valence-corrected chi connectivity index (χ1v) is 16.8. The molecule has 10 rings (SSSR count). The van der Waals surface area contributed by atoms with E-state index in [0.29, 0.717) is 0 Å². The van der Waals surface area contributed by atoms with Gasteiger partial charge in [0.05, 0.1) is 27.8 Å². The summed E-state index contributed by atoms with van der Waals surface area (Å²) < 4.78 is 11.4. The van der Waals surface area contributed by atoms with Crippen molar-refractivity contribution in [3.8, 4) is 5.69 Å². The molecule has 3 nitrogen and oxygen atoms in total. The monoisotopic (exact) mass is 620 g/mol. The van der Waals surface area contributed by atoms with E-state index in [1.807, 2.05) is 17.4 Å². The van der Waals surface area contributed by atoms with E-state index in [9.17, 15) is 0 Å². The molecule has 3 heterocycles. The molecular weight excluding hydrogens is 593 g/mol. The van der Waals surface area contributed by atoms with Gasteiger partial charge in [-0.2, -0.15) is 0 Å². The van der Waals surface area contributed by atoms with Crippen molar-refractivity contribution in [2.75, 3.05) is 4.90 Å². The molecule has 47 heavy (non-hydrogen) atoms. The molecule has 0 unspecified atom stereocenters. The van der Waals surface area contributed by atoms with Crippen molar-refractivity contribution in [3.63, 3.8) is 0 Å². The highest BCUT2D eigenvalue weighted by atomic mass is 32.1. The van der Waals surface area contributed by atoms with Crippen molar-refractivity contribution < 1.29 is 4.42 Å². The summed E-state index contributed by atoms with van der Waals surface area (Å²) in [5.41, 5.74) is 9.92. The number of hydrogen-bond acceptors (Lipinski definition) is 3. The van der Waals surface area contributed by atoms with Crippen LogP contribution in [0.25, 0.3) is 69.6 Å². The molecule has 222 valence electrons. The minimum Gasteiger partial charge on any atom is -0.456 e. The Labute approximate surface area is 275 Å². The molecule has 0 saturated heterocycles. The van der Waals surface area contributed by atoms with E-state index in [1.54, 1.807) is 0 Å². The second-order valence-electron chi connectivity index (χ2n) is 12.2. The molecule has 4 heteroatoms. The molecule has 0 radical (unpaired) electrons. The van der Waals surface area contributed by atoms with Crippen molar-refractivity contribution >= 4 is 92.3 Å². The second kappa shape index (κ2) is 10.1. The average molecular weight is 621 g/mol. The third-order valence-electron chi connectivity index (χ3n) is 9.45. The molecular formula is C43H28N2OS. The maximum absolute atomic E-state index is 6.42. The molecule has 0 amide bonds. The van der Waals surface area contributed by atoms with Crippen LogP contribution >= 0.6 is 11.3 Å². The Kier molecular flexibility index (Phi) is 5.66. The Bertz CT molecular complexity index is 2700. The highest BCUT2D eigenvalue weighted by molar-refractivity contribution is 7.26. The Hall–Kier alpha value is -5.84. The standard InChI is InChI=1S/C43H28N2OS/c1-27-20-22-28(23-21-27)44-34-13-5-2-10-30(34)33-26-29(24-25-35(33)44)45(36-14-8-17-39-42(36)31-11-3-6-16-38(31)46-39)37-15-9-19-41-43(37)32-12-4-7-18-40(32)47-41/h2-26H,1H3. The van der Waals surface area contributed by atoms with E-state index in [2.05, 4.69) is 162 Å². The van der Waals surface area contributed by atoms with Crippen LogP contribution in [-0.4, -0.2) is 4.57 Å². The summed E-state index contributed by atoms with van der Waals surface area (Å²) >= 11 is 1.85. The number of hydrogen-bond donors (Lipinski definition) is 0. The molecule has 0 fully saturated rings. The fourth-order valence-corrected chi connectivity index (χ4v) is 8.49. The maximum atomic E-state index is 6.42. The predicted molar refractivity (Wildman–Crippen MR) is 200 cm³/mol. The number of anilines is 3. The number of benzene rings is 7. The number of thiophene rings is 1. The summed E-state index contributed by atoms with van der Waals surface area (Å²) in [5, 5.41) is 7.21. The minimum atomic E-state index is 0.883. The van der Waals surface area contributed by atoms with Gasteiger partial charge in [-0.25, -0.2) is 0 Å². The Morgan fingerprint density at radius 1 is 0.511 bits per heavy atom. The van der Waals surface area contributed by atoms with Crippen LogP contribution in [0.15, 0.2) is 156 Å². The second-order valence-corrected chi connectivity index (χ2v) is 13.3. The number of rotatable bonds is 4. The molecule has 0 atom stereocenters. The average Bonchev–Trinajstić information content (AvgIpc) is 3.79. The van der Waals surface area contributed by atoms with Crippen LogP contribution in [0.3, 0.4) is 0 Å². The zero-order valence-corrected chi connectivity index (χ0v) is 26.5. The predicted octanol–water partition coefficient (Wildman–Crippen LogP) is 12.8. The van der Waals surface area contributed by atoms with Gasteiger partial charge in [-0.05, 0) is 79.7 Å². The molecule has 0 bridgehead atoms. The van der Waals surface area contributed by atoms with Crippen LogP contribution in [-0.2, 0) is 0 Å². The summed E-state index contributed by atoms with van der Waals surface area (Å²) in [6, 6.07) is 54.7. The molecule has 7 aromatic carbocycles. The number of nitrogens with zero attached hydrogens (tertiary/aromatic N) is 2. The smallest absolute Gasteiger partial charge is 0.137 e. The summed E-state index contributed by atoms with van der Waals surface area (Å²) in [6.45, 7) is 2.14. The van der Waals surface area contributed by atoms with E-state index in [4.69, 9.17) is 4.42 Å². The molecule has 3 aromatic heterocycles. The number of furan rings is 1. The van der Waals surface area contributed by atoms with Crippen molar-refractivity contribution in [2.24, 2.45) is 0 Å². The first-order valence-electron chi connectivity index (χ1n) is 15.9. The number of para-hydroxylation sites is 2. The molecule has 0 spiro atoms. The van der Waals surface area contributed by atoms with Crippen molar-refractivity contribution in [2.45, 2.75) is 6.92 Å². The molecule has 10 aromatic rings. The highest BCUT2D eigenvalue weighted by Gasteiger charge is 2.23. The van der Waals surface area contributed by atoms with Crippen LogP contribution in [0.4, 0.5) is 17.1 Å². The van der Waals surface area contributed by atoms with Crippen LogP contribution in [0.1, 0.15) is 5.56 Å². The van der Waals surface area contributed by atoms with Gasteiger partial charge in [-0.1, -0.05) is 84.4 Å². The van der Waals surface area contributed by atoms with E-state index < -0.39 is 0 Å². The van der Waals surface area contributed by atoms with Crippen LogP contribution in [0.5, 0.6) is 0 Å². The van der Waals surface area contributed by atoms with Crippen molar-refractivity contribution in [3.05, 3.63) is 157 Å². The quantitative estimate of drug-likeness (QED) is 0.195. The van der Waals surface area contributed by atoms with E-state index >= 15 is 0 Å². The lowest BCUT2D eigenvalue weighted by Gasteiger charge is -2.27. The van der Waals surface area contributed by atoms with Gasteiger partial charge in [0.15, 0.2) is 0 Å². The summed E-state index contributed by atoms with van der Waals surface area (Å²) in [5.74, 6) is 0. The Morgan fingerprint density at radius 3 is 2.04 bits per heavy atom. The maximum Gasteiger partial charge on any atom is 0.137 e. The molecule has 0 aliphatic carbocycles. The van der Waals surface area contributed by atoms with E-state index in [-0.39, 0.29) is 0 Å². The molecule has 0 aliphatic heterocycles. The van der Waals surface area contributed by atoms with Gasteiger partial charge >= 0.3 is 0 Å². The van der Waals surface area contributed by atoms with Gasteiger partial charge in [0.1, 0.15) is 11.2 Å². The van der Waals surface area contributed by atoms with Gasteiger partial charge in [0.2, 0.25) is 0 Å². The van der Waals surface area contributed by atoms with Crippen molar-refractivity contribution in [1.82, 2.24) is 4.57 Å². The lowest BCUT2D eigenvalue weighted by molar-refractivity contribution is 0.669. The van der Waals surface area contributed by atoms with Crippen molar-refractivity contribution in [1.29, 1.82) is 0 Å². The SMILES string of the molecule is Cc1ccc(-n2c3ccccc3c3cc(N(c4cccc5oc6ccccc6c45)c4cccc5sc6ccccc6c45)ccc32)cc1. The molecule has 0 N–H and O–H groups in total. The zero-order chi connectivity index (χ0) is 31.1. The van der Waals surface area contributed by atoms with Crippen LogP contribution < -0.4 is 4.90 Å². The van der Waals surface area contributed by atoms with Gasteiger partial charge in [-0.15, -0.1) is 11.3 Å². The third-order valence-corrected chi connectivity index (χ3v) is 10.6. The summed E-state index contributed by atoms with van der Waals surface area (Å²) in [6.07, 6.45) is 0.